The third-order valence-electron chi connectivity index (χ3n) is 8.56. The molecule has 2 amide bonds. The molecule has 1 aromatic rings. The second-order valence-electron chi connectivity index (χ2n) is 11.4. The van der Waals surface area contributed by atoms with Crippen LogP contribution in [0.4, 0.5) is 13.6 Å². The van der Waals surface area contributed by atoms with E-state index in [1.54, 1.807) is 24.1 Å². The molecule has 8 nitrogen and oxygen atoms in total. The Morgan fingerprint density at radius 3 is 2.74 bits per heavy atom. The third kappa shape index (κ3) is 7.52. The van der Waals surface area contributed by atoms with E-state index in [0.717, 1.165) is 6.42 Å². The van der Waals surface area contributed by atoms with Crippen LogP contribution in [0.3, 0.4) is 0 Å². The Bertz CT molecular complexity index is 945. The topological polar surface area (TPSA) is 92.3 Å². The summed E-state index contributed by atoms with van der Waals surface area (Å²) in [6.07, 6.45) is 6.43. The number of urea groups is 1. The van der Waals surface area contributed by atoms with Crippen molar-refractivity contribution in [2.45, 2.75) is 88.6 Å². The number of hydrogen-bond donors (Lipinski definition) is 3. The summed E-state index contributed by atoms with van der Waals surface area (Å²) < 4.78 is 42.8. The van der Waals surface area contributed by atoms with Crippen LogP contribution >= 0.6 is 0 Å². The molecule has 1 saturated heterocycles. The number of halogens is 2. The number of amides is 2. The number of para-hydroxylation sites is 1. The zero-order valence-corrected chi connectivity index (χ0v) is 23.4. The Hall–Kier alpha value is -2.17. The van der Waals surface area contributed by atoms with Gasteiger partial charge in [-0.05, 0) is 57.6 Å². The highest BCUT2D eigenvalue weighted by Gasteiger charge is 2.49. The first-order valence-corrected chi connectivity index (χ1v) is 14.6. The molecule has 1 saturated carbocycles. The number of rotatable bonds is 12. The van der Waals surface area contributed by atoms with E-state index in [1.165, 1.54) is 38.2 Å². The van der Waals surface area contributed by atoms with E-state index in [1.807, 2.05) is 7.05 Å². The number of ether oxygens (including phenoxy) is 3. The normalized spacial score (nSPS) is 23.3. The summed E-state index contributed by atoms with van der Waals surface area (Å²) >= 11 is 0. The number of piperidine rings is 1. The number of aliphatic hydroxyl groups is 1. The molecule has 3 N–H and O–H groups in total. The van der Waals surface area contributed by atoms with Crippen molar-refractivity contribution >= 4 is 6.03 Å². The van der Waals surface area contributed by atoms with Crippen molar-refractivity contribution in [2.75, 3.05) is 40.4 Å². The number of carbonyl (C=O) groups is 1. The number of fused-ring (bicyclic) bond motifs is 1. The number of alkyl halides is 2. The van der Waals surface area contributed by atoms with E-state index < -0.39 is 11.9 Å². The molecule has 0 spiro atoms. The first-order valence-electron chi connectivity index (χ1n) is 14.6. The molecule has 0 unspecified atom stereocenters. The van der Waals surface area contributed by atoms with Crippen LogP contribution in [0.5, 0.6) is 11.5 Å². The molecule has 39 heavy (non-hydrogen) atoms. The van der Waals surface area contributed by atoms with Gasteiger partial charge in [-0.3, -0.25) is 0 Å². The van der Waals surface area contributed by atoms with Gasteiger partial charge in [0.05, 0.1) is 5.60 Å². The highest BCUT2D eigenvalue weighted by molar-refractivity contribution is 5.74. The van der Waals surface area contributed by atoms with Gasteiger partial charge in [-0.25, -0.2) is 4.79 Å². The average molecular weight is 554 g/mol. The molecule has 0 radical (unpaired) electrons. The van der Waals surface area contributed by atoms with Gasteiger partial charge in [0, 0.05) is 50.9 Å². The van der Waals surface area contributed by atoms with Crippen molar-refractivity contribution in [3.8, 4) is 11.5 Å². The fourth-order valence-electron chi connectivity index (χ4n) is 6.59. The quantitative estimate of drug-likeness (QED) is 0.316. The summed E-state index contributed by atoms with van der Waals surface area (Å²) in [5, 5.41) is 18.7. The Kier molecular flexibility index (Phi) is 10.3. The van der Waals surface area contributed by atoms with E-state index >= 15 is 0 Å². The number of nitrogens with zero attached hydrogens (tertiary/aromatic N) is 1. The highest BCUT2D eigenvalue weighted by atomic mass is 19.3. The summed E-state index contributed by atoms with van der Waals surface area (Å²) in [5.74, 6) is 0.0601. The molecule has 220 valence electrons. The molecule has 2 aliphatic heterocycles. The van der Waals surface area contributed by atoms with Crippen LogP contribution in [-0.2, 0) is 10.3 Å². The molecule has 2 fully saturated rings. The van der Waals surface area contributed by atoms with Gasteiger partial charge in [-0.15, -0.1) is 8.78 Å². The first-order chi connectivity index (χ1) is 18.8. The van der Waals surface area contributed by atoms with Crippen molar-refractivity contribution in [2.24, 2.45) is 11.8 Å². The number of benzene rings is 1. The predicted molar refractivity (Wildman–Crippen MR) is 144 cm³/mol. The van der Waals surface area contributed by atoms with E-state index in [9.17, 15) is 18.7 Å². The molecule has 4 rings (SSSR count). The standard InChI is InChI=1S/C29H45F2N3O5/c1-32-19-23(18-21-10-4-3-5-11-21)33-27(35)34-16-9-12-22(20-34)28(36,15-6-7-17-37-2)24-13-8-14-25-26(24)39-29(30,31)38-25/h8,13-14,21-23,32,36H,3-7,9-12,15-20H2,1-2H3,(H,33,35)/t22-,23+,28+/m1/s1. The molecule has 3 aliphatic rings. The van der Waals surface area contributed by atoms with Crippen LogP contribution < -0.4 is 20.1 Å². The van der Waals surface area contributed by atoms with E-state index in [4.69, 9.17) is 9.47 Å². The van der Waals surface area contributed by atoms with Crippen LogP contribution in [0, 0.1) is 11.8 Å². The van der Waals surface area contributed by atoms with E-state index in [0.29, 0.717) is 64.3 Å². The summed E-state index contributed by atoms with van der Waals surface area (Å²) in [7, 11) is 3.52. The maximum atomic E-state index is 14.0. The van der Waals surface area contributed by atoms with Crippen molar-refractivity contribution in [1.82, 2.24) is 15.5 Å². The lowest BCUT2D eigenvalue weighted by Gasteiger charge is -2.43. The zero-order valence-electron chi connectivity index (χ0n) is 23.4. The number of carbonyl (C=O) groups excluding carboxylic acids is 1. The first kappa shape index (κ1) is 29.8. The lowest BCUT2D eigenvalue weighted by molar-refractivity contribution is -0.287. The zero-order chi connectivity index (χ0) is 27.9. The molecule has 3 atom stereocenters. The number of nitrogens with one attached hydrogen (secondary N) is 2. The van der Waals surface area contributed by atoms with Gasteiger partial charge in [-0.1, -0.05) is 44.2 Å². The van der Waals surface area contributed by atoms with Gasteiger partial charge < -0.3 is 34.9 Å². The second-order valence-corrected chi connectivity index (χ2v) is 11.4. The molecule has 10 heteroatoms. The minimum Gasteiger partial charge on any atom is -0.395 e. The van der Waals surface area contributed by atoms with Crippen LogP contribution in [-0.4, -0.2) is 68.8 Å². The summed E-state index contributed by atoms with van der Waals surface area (Å²) in [6, 6.07) is 4.54. The van der Waals surface area contributed by atoms with E-state index in [-0.39, 0.29) is 35.1 Å². The van der Waals surface area contributed by atoms with Crippen LogP contribution in [0.15, 0.2) is 18.2 Å². The van der Waals surface area contributed by atoms with Gasteiger partial charge in [0.15, 0.2) is 11.5 Å². The smallest absolute Gasteiger partial charge is 0.395 e. The van der Waals surface area contributed by atoms with Crippen molar-refractivity contribution in [3.05, 3.63) is 23.8 Å². The molecule has 2 heterocycles. The molecular weight excluding hydrogens is 508 g/mol. The number of methoxy groups -OCH3 is 1. The van der Waals surface area contributed by atoms with Gasteiger partial charge in [-0.2, -0.15) is 0 Å². The van der Waals surface area contributed by atoms with Gasteiger partial charge >= 0.3 is 12.3 Å². The number of likely N-dealkylation sites (tertiary alicyclic amines) is 1. The SMILES string of the molecule is CNC[C@H](CC1CCCCC1)NC(=O)N1CCC[C@@H]([C@@](O)(CCCCOC)c2cccc3c2OC(F)(F)O3)C1. The Morgan fingerprint density at radius 2 is 2.00 bits per heavy atom. The lowest BCUT2D eigenvalue weighted by atomic mass is 9.73. The van der Waals surface area contributed by atoms with Gasteiger partial charge in [0.1, 0.15) is 0 Å². The van der Waals surface area contributed by atoms with Crippen molar-refractivity contribution in [1.29, 1.82) is 0 Å². The monoisotopic (exact) mass is 553 g/mol. The maximum Gasteiger partial charge on any atom is 0.586 e. The Labute approximate surface area is 230 Å². The van der Waals surface area contributed by atoms with Gasteiger partial charge in [0.2, 0.25) is 0 Å². The Morgan fingerprint density at radius 1 is 1.21 bits per heavy atom. The molecular formula is C29H45F2N3O5. The number of likely N-dealkylation sites (N-methyl/N-ethyl adjacent to an activating group) is 1. The molecule has 1 aliphatic carbocycles. The molecule has 0 bridgehead atoms. The van der Waals surface area contributed by atoms with E-state index in [2.05, 4.69) is 15.4 Å². The maximum absolute atomic E-state index is 14.0. The summed E-state index contributed by atoms with van der Waals surface area (Å²) in [6.45, 7) is 2.14. The fourth-order valence-corrected chi connectivity index (χ4v) is 6.59. The van der Waals surface area contributed by atoms with Crippen LogP contribution in [0.2, 0.25) is 0 Å². The fraction of sp³-hybridized carbons (Fsp3) is 0.759. The van der Waals surface area contributed by atoms with Crippen LogP contribution in [0.1, 0.15) is 76.2 Å². The summed E-state index contributed by atoms with van der Waals surface area (Å²) in [4.78, 5) is 15.2. The predicted octanol–water partition coefficient (Wildman–Crippen LogP) is 4.99. The van der Waals surface area contributed by atoms with Crippen molar-refractivity contribution in [3.63, 3.8) is 0 Å². The van der Waals surface area contributed by atoms with Gasteiger partial charge in [0.25, 0.3) is 0 Å². The summed E-state index contributed by atoms with van der Waals surface area (Å²) in [5.41, 5.74) is -1.19. The van der Waals surface area contributed by atoms with Crippen molar-refractivity contribution < 1.29 is 32.9 Å². The molecule has 1 aromatic carbocycles. The second kappa shape index (κ2) is 13.5. The number of unbranched alkanes of at least 4 members (excludes halogenated alkanes) is 1. The minimum absolute atomic E-state index is 0.0316. The largest absolute Gasteiger partial charge is 0.586 e. The minimum atomic E-state index is -3.78. The number of hydrogen-bond acceptors (Lipinski definition) is 6. The Balaban J connectivity index is 1.50. The highest BCUT2D eigenvalue weighted by Crippen LogP contribution is 2.50. The third-order valence-corrected chi connectivity index (χ3v) is 8.56. The lowest BCUT2D eigenvalue weighted by Crippen LogP contribution is -2.54. The molecule has 0 aromatic heterocycles. The van der Waals surface area contributed by atoms with Crippen LogP contribution in [0.25, 0.3) is 0 Å². The average Bonchev–Trinajstić information content (AvgIpc) is 3.25.